The number of nitrogens with one attached hydrogen (secondary N) is 1. The minimum Gasteiger partial charge on any atom is -0.507 e. The van der Waals surface area contributed by atoms with Crippen LogP contribution in [0.5, 0.6) is 17.4 Å². The van der Waals surface area contributed by atoms with Crippen LogP contribution < -0.4 is 19.5 Å². The van der Waals surface area contributed by atoms with Gasteiger partial charge in [0, 0.05) is 29.7 Å². The molecular formula is C43H52N4O11. The topological polar surface area (TPSA) is 190 Å². The minimum absolute atomic E-state index is 0.0565. The lowest BCUT2D eigenvalue weighted by molar-refractivity contribution is -0.142. The van der Waals surface area contributed by atoms with E-state index in [0.29, 0.717) is 43.5 Å². The van der Waals surface area contributed by atoms with Crippen molar-refractivity contribution in [3.63, 3.8) is 0 Å². The number of anilines is 1. The van der Waals surface area contributed by atoms with E-state index in [4.69, 9.17) is 23.5 Å². The number of rotatable bonds is 14. The largest absolute Gasteiger partial charge is 0.507 e. The highest BCUT2D eigenvalue weighted by molar-refractivity contribution is 6.26. The molecule has 58 heavy (non-hydrogen) atoms. The molecule has 5 atom stereocenters. The van der Waals surface area contributed by atoms with Gasteiger partial charge < -0.3 is 39.0 Å². The van der Waals surface area contributed by atoms with Crippen molar-refractivity contribution in [3.05, 3.63) is 70.0 Å². The third-order valence-corrected chi connectivity index (χ3v) is 11.8. The van der Waals surface area contributed by atoms with Crippen LogP contribution in [0.3, 0.4) is 0 Å². The number of Topliss-reactive ketones (excluding diaryl/α,β-unsaturated/α-hetero) is 2. The number of carbonyl (C=O) groups is 4. The fourth-order valence-corrected chi connectivity index (χ4v) is 8.88. The lowest BCUT2D eigenvalue weighted by Gasteiger charge is -2.49. The maximum atomic E-state index is 14.8. The maximum absolute atomic E-state index is 14.8. The third kappa shape index (κ3) is 7.08. The van der Waals surface area contributed by atoms with Gasteiger partial charge in [0.15, 0.2) is 17.1 Å². The molecule has 2 heterocycles. The molecule has 2 aromatic carbocycles. The Hall–Kier alpha value is -5.41. The van der Waals surface area contributed by atoms with Crippen molar-refractivity contribution in [2.24, 2.45) is 11.8 Å². The van der Waals surface area contributed by atoms with E-state index in [1.807, 2.05) is 44.2 Å². The van der Waals surface area contributed by atoms with Crippen molar-refractivity contribution in [1.29, 1.82) is 0 Å². The lowest BCUT2D eigenvalue weighted by Crippen LogP contribution is -2.63. The second-order valence-electron chi connectivity index (χ2n) is 15.7. The number of ether oxygens (including phenoxy) is 4. The van der Waals surface area contributed by atoms with Crippen LogP contribution in [-0.2, 0) is 27.4 Å². The number of fused-ring (bicyclic) bond motifs is 4. The molecule has 1 saturated heterocycles. The standard InChI is InChI=1S/C43H52N4O11/c1-6-8-18-55-36-28(44-40(51)29-16-13-17-47(29)42(52)57-23-24-14-11-10-12-15-24)22-30(54-5)26-20-25-21-27-34(46(3)4)37-33(41(45-58-37)56-19-9-7-2)39(50)43(27,53)38(49)31(25)35(48)32(26)36/h10-12,14-15,22,25,27,29,34,48,53H,6-9,13,16-21,23H2,1-5H3,(H,44,51)/t25-,27-,29+,34-,43-/m0/s1. The van der Waals surface area contributed by atoms with Crippen LogP contribution >= 0.6 is 0 Å². The van der Waals surface area contributed by atoms with E-state index in [0.717, 1.165) is 18.4 Å². The Balaban J connectivity index is 1.25. The Kier molecular flexibility index (Phi) is 11.8. The molecule has 0 spiro atoms. The molecule has 4 aliphatic rings. The van der Waals surface area contributed by atoms with Gasteiger partial charge in [-0.2, -0.15) is 0 Å². The van der Waals surface area contributed by atoms with Crippen molar-refractivity contribution >= 4 is 35.0 Å². The number of aliphatic hydroxyl groups excluding tert-OH is 1. The van der Waals surface area contributed by atoms with Crippen LogP contribution in [0.1, 0.15) is 97.6 Å². The van der Waals surface area contributed by atoms with E-state index in [1.54, 1.807) is 25.1 Å². The van der Waals surface area contributed by atoms with Gasteiger partial charge in [-0.3, -0.25) is 24.2 Å². The normalized spacial score (nSPS) is 23.5. The summed E-state index contributed by atoms with van der Waals surface area (Å²) in [7, 11) is 5.01. The Morgan fingerprint density at radius 3 is 2.47 bits per heavy atom. The number of carbonyl (C=O) groups excluding carboxylic acids is 4. The fraction of sp³-hybridized carbons (Fsp3) is 0.512. The Morgan fingerprint density at radius 2 is 1.78 bits per heavy atom. The van der Waals surface area contributed by atoms with Gasteiger partial charge in [-0.1, -0.05) is 57.0 Å². The number of hydrogen-bond acceptors (Lipinski definition) is 13. The summed E-state index contributed by atoms with van der Waals surface area (Å²) in [4.78, 5) is 59.7. The van der Waals surface area contributed by atoms with Crippen LogP contribution in [0.4, 0.5) is 10.5 Å². The summed E-state index contributed by atoms with van der Waals surface area (Å²) < 4.78 is 29.3. The van der Waals surface area contributed by atoms with Crippen molar-refractivity contribution < 1.29 is 52.9 Å². The molecule has 310 valence electrons. The zero-order valence-electron chi connectivity index (χ0n) is 33.7. The fourth-order valence-electron chi connectivity index (χ4n) is 8.88. The molecular weight excluding hydrogens is 748 g/mol. The summed E-state index contributed by atoms with van der Waals surface area (Å²) in [5, 5.41) is 31.7. The molecule has 0 radical (unpaired) electrons. The number of likely N-dealkylation sites (tertiary alicyclic amines) is 1. The summed E-state index contributed by atoms with van der Waals surface area (Å²) in [5.74, 6) is -3.81. The van der Waals surface area contributed by atoms with Crippen LogP contribution in [0.25, 0.3) is 5.76 Å². The number of hydrogen-bond donors (Lipinski definition) is 3. The van der Waals surface area contributed by atoms with E-state index >= 15 is 0 Å². The number of aromatic nitrogens is 1. The summed E-state index contributed by atoms with van der Waals surface area (Å²) in [5.41, 5.74) is -1.13. The Morgan fingerprint density at radius 1 is 1.05 bits per heavy atom. The van der Waals surface area contributed by atoms with Gasteiger partial charge in [0.25, 0.3) is 5.88 Å². The van der Waals surface area contributed by atoms with Gasteiger partial charge in [-0.05, 0) is 69.3 Å². The van der Waals surface area contributed by atoms with Gasteiger partial charge >= 0.3 is 6.09 Å². The molecule has 2 fully saturated rings. The maximum Gasteiger partial charge on any atom is 0.410 e. The number of aliphatic hydroxyl groups is 2. The lowest BCUT2D eigenvalue weighted by atomic mass is 9.57. The van der Waals surface area contributed by atoms with Gasteiger partial charge in [0.1, 0.15) is 29.7 Å². The highest BCUT2D eigenvalue weighted by atomic mass is 16.6. The predicted molar refractivity (Wildman–Crippen MR) is 211 cm³/mol. The molecule has 3 aliphatic carbocycles. The van der Waals surface area contributed by atoms with E-state index in [1.165, 1.54) is 12.0 Å². The number of methoxy groups -OCH3 is 1. The van der Waals surface area contributed by atoms with E-state index in [-0.39, 0.29) is 72.4 Å². The van der Waals surface area contributed by atoms with Crippen molar-refractivity contribution in [3.8, 4) is 17.4 Å². The molecule has 1 aromatic heterocycles. The van der Waals surface area contributed by atoms with Crippen molar-refractivity contribution in [1.82, 2.24) is 15.0 Å². The average Bonchev–Trinajstić information content (AvgIpc) is 3.88. The summed E-state index contributed by atoms with van der Waals surface area (Å²) >= 11 is 0. The summed E-state index contributed by atoms with van der Waals surface area (Å²) in [6, 6.07) is 9.31. The van der Waals surface area contributed by atoms with Gasteiger partial charge in [-0.15, -0.1) is 0 Å². The smallest absolute Gasteiger partial charge is 0.410 e. The molecule has 2 amide bonds. The predicted octanol–water partition coefficient (Wildman–Crippen LogP) is 6.04. The molecule has 15 nitrogen and oxygen atoms in total. The van der Waals surface area contributed by atoms with Crippen LogP contribution in [0.2, 0.25) is 0 Å². The molecule has 1 saturated carbocycles. The first-order chi connectivity index (χ1) is 28.0. The molecule has 3 aromatic rings. The highest BCUT2D eigenvalue weighted by Crippen LogP contribution is 2.57. The average molecular weight is 801 g/mol. The zero-order valence-corrected chi connectivity index (χ0v) is 33.7. The third-order valence-electron chi connectivity index (χ3n) is 11.8. The first kappa shape index (κ1) is 40.8. The summed E-state index contributed by atoms with van der Waals surface area (Å²) in [6.07, 6.45) is 3.64. The molecule has 0 bridgehead atoms. The number of benzene rings is 2. The Bertz CT molecular complexity index is 2100. The SMILES string of the molecule is CCCCOc1noc2c1C(=O)[C@@]1(O)C(=O)C3=C(O)c4c(c(OC)cc(NC(=O)[C@H]5CCCN5C(=O)OCc5ccccc5)c4OCCCC)C[C@H]3C[C@H]1[C@@H]2N(C)C. The zero-order chi connectivity index (χ0) is 41.3. The monoisotopic (exact) mass is 800 g/mol. The van der Waals surface area contributed by atoms with E-state index in [9.17, 15) is 29.4 Å². The molecule has 3 N–H and O–H groups in total. The van der Waals surface area contributed by atoms with Crippen LogP contribution in [-0.4, -0.2) is 101 Å². The number of nitrogens with zero attached hydrogens (tertiary/aromatic N) is 3. The molecule has 7 rings (SSSR count). The van der Waals surface area contributed by atoms with Crippen molar-refractivity contribution in [2.75, 3.05) is 46.3 Å². The van der Waals surface area contributed by atoms with Crippen LogP contribution in [0.15, 0.2) is 46.5 Å². The van der Waals surface area contributed by atoms with Crippen LogP contribution in [0, 0.1) is 11.8 Å². The molecule has 15 heteroatoms. The summed E-state index contributed by atoms with van der Waals surface area (Å²) in [6.45, 7) is 4.84. The number of unbranched alkanes of at least 4 members (excludes halogenated alkanes) is 2. The van der Waals surface area contributed by atoms with Gasteiger partial charge in [0.05, 0.1) is 37.6 Å². The first-order valence-electron chi connectivity index (χ1n) is 20.1. The minimum atomic E-state index is -2.58. The van der Waals surface area contributed by atoms with E-state index < -0.39 is 58.8 Å². The highest BCUT2D eigenvalue weighted by Gasteiger charge is 2.65. The van der Waals surface area contributed by atoms with Gasteiger partial charge in [-0.25, -0.2) is 4.79 Å². The van der Waals surface area contributed by atoms with Gasteiger partial charge in [0.2, 0.25) is 17.5 Å². The molecule has 1 aliphatic heterocycles. The first-order valence-corrected chi connectivity index (χ1v) is 20.1. The number of amides is 2. The molecule has 0 unspecified atom stereocenters. The second-order valence-corrected chi connectivity index (χ2v) is 15.7. The van der Waals surface area contributed by atoms with Crippen molar-refractivity contribution in [2.45, 2.75) is 89.5 Å². The Labute approximate surface area is 337 Å². The van der Waals surface area contributed by atoms with E-state index in [2.05, 4.69) is 10.5 Å². The number of ketones is 2. The second kappa shape index (κ2) is 16.8. The quantitative estimate of drug-likeness (QED) is 0.127.